The lowest BCUT2D eigenvalue weighted by Crippen LogP contribution is -2.02. The zero-order chi connectivity index (χ0) is 30.5. The van der Waals surface area contributed by atoms with Crippen LogP contribution >= 0.6 is 0 Å². The van der Waals surface area contributed by atoms with Crippen molar-refractivity contribution in [1.29, 1.82) is 0 Å². The van der Waals surface area contributed by atoms with E-state index in [1.807, 2.05) is 12.1 Å². The molecule has 0 aromatic heterocycles. The summed E-state index contributed by atoms with van der Waals surface area (Å²) in [5, 5.41) is 0. The molecule has 0 atom stereocenters. The summed E-state index contributed by atoms with van der Waals surface area (Å²) in [5.74, 6) is 2.62. The van der Waals surface area contributed by atoms with Crippen LogP contribution in [0.2, 0.25) is 0 Å². The average molecular weight is 615 g/mol. The monoisotopic (exact) mass is 614 g/mol. The standard InChI is InChI=1S/C34H30O7S2/c1-3-4-25-5-17-31(18-6-25)42(35,36)32-19-13-29(14-20-32)41-30-15-23-34(24-16-30)43(37,38)33-21-11-28(12-22-33)40-27-9-7-26(39-2)8-10-27/h5-24H,3-4H2,1-2H3. The number of benzene rings is 5. The van der Waals surface area contributed by atoms with Crippen LogP contribution < -0.4 is 14.2 Å². The highest BCUT2D eigenvalue weighted by Gasteiger charge is 2.19. The van der Waals surface area contributed by atoms with E-state index >= 15 is 0 Å². The zero-order valence-corrected chi connectivity index (χ0v) is 25.3. The first-order chi connectivity index (χ1) is 20.7. The maximum atomic E-state index is 13.2. The van der Waals surface area contributed by atoms with Gasteiger partial charge in [0.1, 0.15) is 28.7 Å². The Labute approximate surface area is 252 Å². The van der Waals surface area contributed by atoms with Crippen LogP contribution in [0.1, 0.15) is 18.9 Å². The second-order valence-corrected chi connectivity index (χ2v) is 13.6. The van der Waals surface area contributed by atoms with Crippen LogP contribution in [0.3, 0.4) is 0 Å². The molecule has 5 rings (SSSR count). The van der Waals surface area contributed by atoms with Gasteiger partial charge in [-0.15, -0.1) is 0 Å². The molecule has 0 radical (unpaired) electrons. The van der Waals surface area contributed by atoms with E-state index in [0.29, 0.717) is 28.7 Å². The highest BCUT2D eigenvalue weighted by atomic mass is 32.2. The van der Waals surface area contributed by atoms with Crippen molar-refractivity contribution in [2.75, 3.05) is 7.11 Å². The zero-order valence-electron chi connectivity index (χ0n) is 23.6. The van der Waals surface area contributed by atoms with Gasteiger partial charge in [-0.25, -0.2) is 16.8 Å². The summed E-state index contributed by atoms with van der Waals surface area (Å²) in [5.41, 5.74) is 1.09. The molecule has 0 spiro atoms. The smallest absolute Gasteiger partial charge is 0.206 e. The Morgan fingerprint density at radius 2 is 0.721 bits per heavy atom. The maximum absolute atomic E-state index is 13.2. The lowest BCUT2D eigenvalue weighted by atomic mass is 10.1. The molecule has 5 aromatic carbocycles. The fourth-order valence-electron chi connectivity index (χ4n) is 4.37. The molecule has 0 unspecified atom stereocenters. The van der Waals surface area contributed by atoms with Crippen LogP contribution in [0, 0.1) is 0 Å². The van der Waals surface area contributed by atoms with Crippen LogP contribution in [0.5, 0.6) is 28.7 Å². The predicted octanol–water partition coefficient (Wildman–Crippen LogP) is 7.90. The van der Waals surface area contributed by atoms with Crippen LogP contribution in [-0.2, 0) is 26.1 Å². The summed E-state index contributed by atoms with van der Waals surface area (Å²) >= 11 is 0. The molecule has 5 aromatic rings. The van der Waals surface area contributed by atoms with Gasteiger partial charge in [-0.3, -0.25) is 0 Å². The summed E-state index contributed by atoms with van der Waals surface area (Å²) in [4.78, 5) is 0.622. The van der Waals surface area contributed by atoms with Gasteiger partial charge in [-0.1, -0.05) is 25.5 Å². The summed E-state index contributed by atoms with van der Waals surface area (Å²) in [6.07, 6.45) is 1.89. The Morgan fingerprint density at radius 1 is 0.442 bits per heavy atom. The first-order valence-electron chi connectivity index (χ1n) is 13.6. The highest BCUT2D eigenvalue weighted by molar-refractivity contribution is 7.91. The average Bonchev–Trinajstić information content (AvgIpc) is 3.03. The molecule has 0 N–H and O–H groups in total. The van der Waals surface area contributed by atoms with Crippen molar-refractivity contribution in [1.82, 2.24) is 0 Å². The van der Waals surface area contributed by atoms with Gasteiger partial charge in [0.05, 0.1) is 26.7 Å². The van der Waals surface area contributed by atoms with Crippen molar-refractivity contribution in [2.24, 2.45) is 0 Å². The number of hydrogen-bond acceptors (Lipinski definition) is 7. The largest absolute Gasteiger partial charge is 0.497 e. The number of ether oxygens (including phenoxy) is 3. The first-order valence-corrected chi connectivity index (χ1v) is 16.5. The van der Waals surface area contributed by atoms with E-state index in [0.717, 1.165) is 18.4 Å². The van der Waals surface area contributed by atoms with Gasteiger partial charge in [0.2, 0.25) is 19.7 Å². The summed E-state index contributed by atoms with van der Waals surface area (Å²) < 4.78 is 69.2. The fraction of sp³-hybridized carbons (Fsp3) is 0.118. The van der Waals surface area contributed by atoms with E-state index in [9.17, 15) is 16.8 Å². The minimum Gasteiger partial charge on any atom is -0.497 e. The predicted molar refractivity (Wildman–Crippen MR) is 164 cm³/mol. The fourth-order valence-corrected chi connectivity index (χ4v) is 6.89. The van der Waals surface area contributed by atoms with E-state index in [1.54, 1.807) is 79.9 Å². The summed E-state index contributed by atoms with van der Waals surface area (Å²) in [7, 11) is -5.86. The molecule has 0 saturated heterocycles. The quantitative estimate of drug-likeness (QED) is 0.149. The van der Waals surface area contributed by atoms with Crippen molar-refractivity contribution in [3.63, 3.8) is 0 Å². The molecule has 0 aliphatic heterocycles. The van der Waals surface area contributed by atoms with E-state index in [1.165, 1.54) is 36.4 Å². The first kappa shape index (κ1) is 29.9. The molecule has 0 saturated carbocycles. The SMILES string of the molecule is CCCc1ccc(S(=O)(=O)c2ccc(Oc3ccc(S(=O)(=O)c4ccc(Oc5ccc(OC)cc5)cc4)cc3)cc2)cc1. The Balaban J connectivity index is 1.24. The Kier molecular flexibility index (Phi) is 8.84. The second kappa shape index (κ2) is 12.7. The van der Waals surface area contributed by atoms with E-state index < -0.39 is 19.7 Å². The number of aryl methyl sites for hydroxylation is 1. The lowest BCUT2D eigenvalue weighted by Gasteiger charge is -2.10. The van der Waals surface area contributed by atoms with Crippen molar-refractivity contribution < 1.29 is 31.0 Å². The molecule has 220 valence electrons. The molecule has 0 fully saturated rings. The summed E-state index contributed by atoms with van der Waals surface area (Å²) in [6.45, 7) is 2.08. The second-order valence-electron chi connectivity index (χ2n) is 9.69. The Bertz CT molecular complexity index is 1880. The Morgan fingerprint density at radius 3 is 1.02 bits per heavy atom. The van der Waals surface area contributed by atoms with Gasteiger partial charge >= 0.3 is 0 Å². The number of hydrogen-bond donors (Lipinski definition) is 0. The van der Waals surface area contributed by atoms with Crippen LogP contribution in [0.15, 0.2) is 141 Å². The molecule has 9 heteroatoms. The van der Waals surface area contributed by atoms with Crippen molar-refractivity contribution in [2.45, 2.75) is 39.3 Å². The molecule has 0 bridgehead atoms. The molecular weight excluding hydrogens is 585 g/mol. The third-order valence-corrected chi connectivity index (χ3v) is 10.3. The molecule has 43 heavy (non-hydrogen) atoms. The molecule has 0 aliphatic rings. The number of rotatable bonds is 11. The Hall–Kier alpha value is -4.60. The molecule has 0 heterocycles. The van der Waals surface area contributed by atoms with E-state index in [4.69, 9.17) is 14.2 Å². The lowest BCUT2D eigenvalue weighted by molar-refractivity contribution is 0.413. The third-order valence-electron chi connectivity index (χ3n) is 6.71. The van der Waals surface area contributed by atoms with Crippen molar-refractivity contribution >= 4 is 19.7 Å². The van der Waals surface area contributed by atoms with Gasteiger partial charge in [-0.2, -0.15) is 0 Å². The maximum Gasteiger partial charge on any atom is 0.206 e. The van der Waals surface area contributed by atoms with Gasteiger partial charge in [0, 0.05) is 0 Å². The number of methoxy groups -OCH3 is 1. The van der Waals surface area contributed by atoms with Gasteiger partial charge in [0.15, 0.2) is 0 Å². The van der Waals surface area contributed by atoms with E-state index in [-0.39, 0.29) is 19.6 Å². The third kappa shape index (κ3) is 6.90. The van der Waals surface area contributed by atoms with Crippen molar-refractivity contribution in [3.05, 3.63) is 127 Å². The number of sulfone groups is 2. The highest BCUT2D eigenvalue weighted by Crippen LogP contribution is 2.30. The van der Waals surface area contributed by atoms with Crippen LogP contribution in [-0.4, -0.2) is 23.9 Å². The minimum atomic E-state index is -3.78. The molecular formula is C34H30O7S2. The molecule has 7 nitrogen and oxygen atoms in total. The molecule has 0 amide bonds. The van der Waals surface area contributed by atoms with E-state index in [2.05, 4.69) is 6.92 Å². The van der Waals surface area contributed by atoms with Gasteiger partial charge in [-0.05, 0) is 121 Å². The van der Waals surface area contributed by atoms with Crippen LogP contribution in [0.25, 0.3) is 0 Å². The topological polar surface area (TPSA) is 96.0 Å². The van der Waals surface area contributed by atoms with Crippen LogP contribution in [0.4, 0.5) is 0 Å². The van der Waals surface area contributed by atoms with Gasteiger partial charge in [0.25, 0.3) is 0 Å². The van der Waals surface area contributed by atoms with Gasteiger partial charge < -0.3 is 14.2 Å². The van der Waals surface area contributed by atoms with Crippen molar-refractivity contribution in [3.8, 4) is 28.7 Å². The minimum absolute atomic E-state index is 0.107. The molecule has 0 aliphatic carbocycles. The summed E-state index contributed by atoms with van der Waals surface area (Å²) in [6, 6.07) is 32.3. The normalized spacial score (nSPS) is 11.6.